The van der Waals surface area contributed by atoms with Crippen molar-refractivity contribution >= 4 is 27.5 Å². The second-order valence-electron chi connectivity index (χ2n) is 7.33. The Morgan fingerprint density at radius 2 is 1.93 bits per heavy atom. The third kappa shape index (κ3) is 4.25. The van der Waals surface area contributed by atoms with Gasteiger partial charge in [0.25, 0.3) is 10.0 Å². The molecule has 0 radical (unpaired) electrons. The zero-order valence-electron chi connectivity index (χ0n) is 16.8. The molecule has 0 bridgehead atoms. The molecule has 2 N–H and O–H groups in total. The first-order valence-corrected chi connectivity index (χ1v) is 11.2. The molecule has 2 aliphatic rings. The van der Waals surface area contributed by atoms with E-state index in [1.165, 1.54) is 6.07 Å². The Bertz CT molecular complexity index is 1130. The number of nitrogens with one attached hydrogen (secondary N) is 2. The van der Waals surface area contributed by atoms with E-state index < -0.39 is 10.0 Å². The highest BCUT2D eigenvalue weighted by Crippen LogP contribution is 2.32. The predicted octanol–water partition coefficient (Wildman–Crippen LogP) is 2.94. The molecule has 1 unspecified atom stereocenters. The highest BCUT2D eigenvalue weighted by atomic mass is 32.2. The van der Waals surface area contributed by atoms with Crippen LogP contribution in [0.5, 0.6) is 11.5 Å². The molecule has 0 saturated carbocycles. The number of carbonyl (C=O) groups is 1. The smallest absolute Gasteiger partial charge is 0.286 e. The maximum Gasteiger partial charge on any atom is 0.286 e. The van der Waals surface area contributed by atoms with Gasteiger partial charge in [0.05, 0.1) is 11.7 Å². The Balaban J connectivity index is 1.37. The van der Waals surface area contributed by atoms with Crippen molar-refractivity contribution in [3.63, 3.8) is 0 Å². The molecule has 0 aromatic heterocycles. The van der Waals surface area contributed by atoms with Crippen LogP contribution in [0.4, 0.5) is 5.69 Å². The second kappa shape index (κ2) is 7.98. The standard InChI is InChI=1S/C21H23N3O5S/c1-13-3-6-19-16(11-13)23-20(24-30(19,26)27)7-8-21(25)22-14(2)15-4-5-17-18(12-15)29-10-9-28-17/h3-6,11-12,14H,7-10H2,1-2H3,(H,22,25)(H,23,24). The lowest BCUT2D eigenvalue weighted by Crippen LogP contribution is -2.29. The van der Waals surface area contributed by atoms with Gasteiger partial charge in [-0.25, -0.2) is 0 Å². The highest BCUT2D eigenvalue weighted by molar-refractivity contribution is 7.90. The molecule has 0 saturated heterocycles. The first-order valence-electron chi connectivity index (χ1n) is 9.72. The van der Waals surface area contributed by atoms with E-state index in [9.17, 15) is 13.2 Å². The monoisotopic (exact) mass is 429 g/mol. The molecule has 0 aliphatic carbocycles. The van der Waals surface area contributed by atoms with Crippen LogP contribution in [0.1, 0.15) is 36.9 Å². The number of carbonyl (C=O) groups excluding carboxylic acids is 1. The van der Waals surface area contributed by atoms with Gasteiger partial charge in [-0.15, -0.1) is 4.40 Å². The van der Waals surface area contributed by atoms with Crippen LogP contribution in [-0.2, 0) is 14.8 Å². The molecule has 1 atom stereocenters. The fourth-order valence-corrected chi connectivity index (χ4v) is 4.56. The second-order valence-corrected chi connectivity index (χ2v) is 8.90. The van der Waals surface area contributed by atoms with E-state index in [-0.39, 0.29) is 35.5 Å². The zero-order chi connectivity index (χ0) is 21.3. The van der Waals surface area contributed by atoms with Gasteiger partial charge in [-0.05, 0) is 49.2 Å². The van der Waals surface area contributed by atoms with Gasteiger partial charge in [0, 0.05) is 12.8 Å². The average molecular weight is 429 g/mol. The number of sulfonamides is 1. The van der Waals surface area contributed by atoms with Crippen molar-refractivity contribution < 1.29 is 22.7 Å². The molecule has 4 rings (SSSR count). The summed E-state index contributed by atoms with van der Waals surface area (Å²) in [6.07, 6.45) is 0.295. The Morgan fingerprint density at radius 3 is 2.73 bits per heavy atom. The van der Waals surface area contributed by atoms with E-state index in [1.807, 2.05) is 32.0 Å². The molecular weight excluding hydrogens is 406 g/mol. The van der Waals surface area contributed by atoms with Gasteiger partial charge in [-0.1, -0.05) is 12.1 Å². The molecule has 2 aromatic carbocycles. The largest absolute Gasteiger partial charge is 0.486 e. The number of benzene rings is 2. The topological polar surface area (TPSA) is 106 Å². The first kappa shape index (κ1) is 20.2. The van der Waals surface area contributed by atoms with E-state index in [1.54, 1.807) is 12.1 Å². The van der Waals surface area contributed by atoms with Gasteiger partial charge >= 0.3 is 0 Å². The van der Waals surface area contributed by atoms with Crippen molar-refractivity contribution in [2.75, 3.05) is 18.5 Å². The third-order valence-electron chi connectivity index (χ3n) is 4.95. The third-order valence-corrected chi connectivity index (χ3v) is 6.33. The number of rotatable bonds is 5. The average Bonchev–Trinajstić information content (AvgIpc) is 2.71. The summed E-state index contributed by atoms with van der Waals surface area (Å²) in [5.41, 5.74) is 2.32. The Labute approximate surface area is 175 Å². The van der Waals surface area contributed by atoms with Gasteiger partial charge in [0.15, 0.2) is 11.5 Å². The number of hydrogen-bond donors (Lipinski definition) is 2. The minimum absolute atomic E-state index is 0.109. The normalized spacial score (nSPS) is 17.2. The van der Waals surface area contributed by atoms with Crippen molar-refractivity contribution in [2.45, 2.75) is 37.6 Å². The van der Waals surface area contributed by atoms with Crippen LogP contribution < -0.4 is 20.1 Å². The van der Waals surface area contributed by atoms with Crippen molar-refractivity contribution in [2.24, 2.45) is 4.40 Å². The maximum atomic E-state index is 12.4. The number of anilines is 1. The summed E-state index contributed by atoms with van der Waals surface area (Å²) in [5, 5.41) is 5.95. The summed E-state index contributed by atoms with van der Waals surface area (Å²) in [5.74, 6) is 1.42. The Hall–Kier alpha value is -3.07. The summed E-state index contributed by atoms with van der Waals surface area (Å²) in [6.45, 7) is 4.78. The van der Waals surface area contributed by atoms with Gasteiger partial charge in [0.1, 0.15) is 23.9 Å². The molecule has 2 aromatic rings. The number of amides is 1. The quantitative estimate of drug-likeness (QED) is 0.757. The number of hydrogen-bond acceptors (Lipinski definition) is 6. The van der Waals surface area contributed by atoms with E-state index >= 15 is 0 Å². The van der Waals surface area contributed by atoms with Crippen LogP contribution in [0.3, 0.4) is 0 Å². The van der Waals surface area contributed by atoms with Gasteiger partial charge < -0.3 is 20.1 Å². The lowest BCUT2D eigenvalue weighted by atomic mass is 10.1. The molecule has 158 valence electrons. The number of fused-ring (bicyclic) bond motifs is 2. The van der Waals surface area contributed by atoms with Gasteiger partial charge in [0.2, 0.25) is 5.91 Å². The summed E-state index contributed by atoms with van der Waals surface area (Å²) >= 11 is 0. The van der Waals surface area contributed by atoms with E-state index in [0.29, 0.717) is 30.4 Å². The van der Waals surface area contributed by atoms with Gasteiger partial charge in [-0.3, -0.25) is 4.79 Å². The minimum Gasteiger partial charge on any atom is -0.486 e. The van der Waals surface area contributed by atoms with Crippen molar-refractivity contribution in [1.82, 2.24) is 5.32 Å². The molecule has 0 fully saturated rings. The SMILES string of the molecule is Cc1ccc2c(c1)NC(CCC(=O)NC(C)c1ccc3c(c1)OCCO3)=NS2(=O)=O. The minimum atomic E-state index is -3.76. The van der Waals surface area contributed by atoms with Crippen LogP contribution in [0.15, 0.2) is 45.7 Å². The molecule has 8 nitrogen and oxygen atoms in total. The van der Waals surface area contributed by atoms with Crippen LogP contribution in [0.25, 0.3) is 0 Å². The summed E-state index contributed by atoms with van der Waals surface area (Å²) in [7, 11) is -3.76. The number of amidine groups is 1. The van der Waals surface area contributed by atoms with Crippen molar-refractivity contribution in [3.8, 4) is 11.5 Å². The molecule has 2 aliphatic heterocycles. The Morgan fingerprint density at radius 1 is 1.17 bits per heavy atom. The number of ether oxygens (including phenoxy) is 2. The van der Waals surface area contributed by atoms with Crippen LogP contribution in [0.2, 0.25) is 0 Å². The van der Waals surface area contributed by atoms with E-state index in [0.717, 1.165) is 11.1 Å². The molecule has 2 heterocycles. The highest BCUT2D eigenvalue weighted by Gasteiger charge is 2.25. The lowest BCUT2D eigenvalue weighted by Gasteiger charge is -2.21. The fourth-order valence-electron chi connectivity index (χ4n) is 3.41. The van der Waals surface area contributed by atoms with Crippen molar-refractivity contribution in [3.05, 3.63) is 47.5 Å². The van der Waals surface area contributed by atoms with Crippen LogP contribution in [0, 0.1) is 6.92 Å². The summed E-state index contributed by atoms with van der Waals surface area (Å²) in [4.78, 5) is 12.6. The number of nitrogens with zero attached hydrogens (tertiary/aromatic N) is 1. The van der Waals surface area contributed by atoms with E-state index in [4.69, 9.17) is 9.47 Å². The Kier molecular flexibility index (Phi) is 5.38. The molecule has 0 spiro atoms. The molecule has 9 heteroatoms. The summed E-state index contributed by atoms with van der Waals surface area (Å²) < 4.78 is 39.6. The van der Waals surface area contributed by atoms with Gasteiger partial charge in [-0.2, -0.15) is 8.42 Å². The first-order chi connectivity index (χ1) is 14.3. The van der Waals surface area contributed by atoms with Crippen molar-refractivity contribution in [1.29, 1.82) is 0 Å². The summed E-state index contributed by atoms with van der Waals surface area (Å²) in [6, 6.07) is 10.4. The fraction of sp³-hybridized carbons (Fsp3) is 0.333. The van der Waals surface area contributed by atoms with Crippen LogP contribution in [-0.4, -0.2) is 33.4 Å². The predicted molar refractivity (Wildman–Crippen MR) is 113 cm³/mol. The van der Waals surface area contributed by atoms with Crippen LogP contribution >= 0.6 is 0 Å². The lowest BCUT2D eigenvalue weighted by molar-refractivity contribution is -0.121. The number of aryl methyl sites for hydroxylation is 1. The molecular formula is C21H23N3O5S. The molecule has 1 amide bonds. The zero-order valence-corrected chi connectivity index (χ0v) is 17.6. The maximum absolute atomic E-state index is 12.4. The van der Waals surface area contributed by atoms with E-state index in [2.05, 4.69) is 15.0 Å². The molecule has 30 heavy (non-hydrogen) atoms.